The summed E-state index contributed by atoms with van der Waals surface area (Å²) < 4.78 is 0. The van der Waals surface area contributed by atoms with Crippen LogP contribution in [-0.4, -0.2) is 21.4 Å². The molecule has 0 aliphatic heterocycles. The Morgan fingerprint density at radius 1 is 0.906 bits per heavy atom. The Hall–Kier alpha value is -0.0800. The van der Waals surface area contributed by atoms with Gasteiger partial charge in [-0.3, -0.25) is 0 Å². The largest absolute Gasteiger partial charge is 0.390 e. The average Bonchev–Trinajstić information content (AvgIpc) is 3.54. The van der Waals surface area contributed by atoms with Gasteiger partial charge in [0.2, 0.25) is 0 Å². The summed E-state index contributed by atoms with van der Waals surface area (Å²) in [5.41, 5.74) is 0.0274. The van der Waals surface area contributed by atoms with Crippen molar-refractivity contribution in [2.24, 2.45) is 46.3 Å². The molecule has 2 heteroatoms. The molecule has 186 valence electrons. The van der Waals surface area contributed by atoms with E-state index in [1.807, 2.05) is 6.92 Å². The molecule has 32 heavy (non-hydrogen) atoms. The highest BCUT2D eigenvalue weighted by molar-refractivity contribution is 5.07. The van der Waals surface area contributed by atoms with Crippen molar-refractivity contribution in [3.05, 3.63) is 0 Å². The second-order valence-corrected chi connectivity index (χ2v) is 14.1. The first-order valence-electron chi connectivity index (χ1n) is 14.4. The molecule has 4 fully saturated rings. The van der Waals surface area contributed by atoms with Crippen LogP contribution in [0.15, 0.2) is 0 Å². The first-order chi connectivity index (χ1) is 14.9. The van der Waals surface area contributed by atoms with Crippen molar-refractivity contribution in [3.8, 4) is 0 Å². The minimum Gasteiger partial charge on any atom is -0.390 e. The maximum Gasteiger partial charge on any atom is 0.0647 e. The fourth-order valence-corrected chi connectivity index (χ4v) is 9.13. The summed E-state index contributed by atoms with van der Waals surface area (Å²) in [5, 5.41) is 21.5. The van der Waals surface area contributed by atoms with Gasteiger partial charge in [0.05, 0.1) is 11.2 Å². The van der Waals surface area contributed by atoms with Crippen LogP contribution < -0.4 is 0 Å². The third kappa shape index (κ3) is 4.71. The van der Waals surface area contributed by atoms with E-state index in [4.69, 9.17) is 0 Å². The predicted molar refractivity (Wildman–Crippen MR) is 134 cm³/mol. The molecular formula is C30H54O2. The Balaban J connectivity index is 1.42. The van der Waals surface area contributed by atoms with E-state index in [9.17, 15) is 10.2 Å². The Labute approximate surface area is 199 Å². The van der Waals surface area contributed by atoms with Crippen LogP contribution in [0.4, 0.5) is 0 Å². The summed E-state index contributed by atoms with van der Waals surface area (Å²) in [6, 6.07) is 0. The molecule has 0 spiro atoms. The van der Waals surface area contributed by atoms with Crippen LogP contribution in [0.25, 0.3) is 0 Å². The third-order valence-corrected chi connectivity index (χ3v) is 11.9. The lowest BCUT2D eigenvalue weighted by Gasteiger charge is -2.57. The van der Waals surface area contributed by atoms with Crippen molar-refractivity contribution >= 4 is 0 Å². The van der Waals surface area contributed by atoms with Crippen molar-refractivity contribution in [3.63, 3.8) is 0 Å². The van der Waals surface area contributed by atoms with E-state index in [0.29, 0.717) is 16.7 Å². The summed E-state index contributed by atoms with van der Waals surface area (Å²) in [5.74, 6) is 4.84. The summed E-state index contributed by atoms with van der Waals surface area (Å²) in [7, 11) is 0. The molecule has 2 nitrogen and oxygen atoms in total. The van der Waals surface area contributed by atoms with E-state index in [2.05, 4.69) is 34.6 Å². The topological polar surface area (TPSA) is 40.5 Å². The highest BCUT2D eigenvalue weighted by Gasteiger charge is 2.58. The number of fused-ring (bicyclic) bond motifs is 3. The molecule has 0 amide bonds. The molecule has 0 bridgehead atoms. The van der Waals surface area contributed by atoms with Crippen molar-refractivity contribution in [1.29, 1.82) is 0 Å². The van der Waals surface area contributed by atoms with Crippen molar-refractivity contribution in [2.45, 2.75) is 143 Å². The molecule has 4 aliphatic rings. The smallest absolute Gasteiger partial charge is 0.0647 e. The van der Waals surface area contributed by atoms with E-state index in [1.165, 1.54) is 70.6 Å². The number of hydrogen-bond donors (Lipinski definition) is 2. The zero-order valence-corrected chi connectivity index (χ0v) is 22.3. The predicted octanol–water partition coefficient (Wildman–Crippen LogP) is 7.75. The number of rotatable bonds is 9. The van der Waals surface area contributed by atoms with Gasteiger partial charge >= 0.3 is 0 Å². The summed E-state index contributed by atoms with van der Waals surface area (Å²) in [4.78, 5) is 0. The van der Waals surface area contributed by atoms with Crippen molar-refractivity contribution < 1.29 is 10.2 Å². The van der Waals surface area contributed by atoms with Crippen LogP contribution in [0.5, 0.6) is 0 Å². The SMILES string of the molecule is CCC(C)(O)CCC1(C)CCCC2C1CCC1(C)C(C(C)CCC(C)(O)C3CC3)CCC21. The van der Waals surface area contributed by atoms with Gasteiger partial charge in [0.25, 0.3) is 0 Å². The molecule has 0 aromatic rings. The average molecular weight is 447 g/mol. The van der Waals surface area contributed by atoms with E-state index in [-0.39, 0.29) is 0 Å². The minimum absolute atomic E-state index is 0.421. The van der Waals surface area contributed by atoms with E-state index >= 15 is 0 Å². The van der Waals surface area contributed by atoms with E-state index < -0.39 is 11.2 Å². The Kier molecular flexibility index (Phi) is 6.92. The molecule has 4 saturated carbocycles. The molecule has 0 heterocycles. The van der Waals surface area contributed by atoms with Crippen LogP contribution in [0.2, 0.25) is 0 Å². The molecule has 4 rings (SSSR count). The minimum atomic E-state index is -0.491. The summed E-state index contributed by atoms with van der Waals surface area (Å²) in [6.07, 6.45) is 17.6. The van der Waals surface area contributed by atoms with Crippen LogP contribution in [0.1, 0.15) is 131 Å². The van der Waals surface area contributed by atoms with E-state index in [1.54, 1.807) is 0 Å². The standard InChI is InChI=1S/C30H54O2/c1-7-28(4,31)20-19-27(3)16-8-9-23-25(27)15-17-29(5)24(12-13-26(23)29)21(2)14-18-30(6,32)22-10-11-22/h21-26,31-32H,7-20H2,1-6H3. The van der Waals surface area contributed by atoms with Crippen LogP contribution in [-0.2, 0) is 0 Å². The van der Waals surface area contributed by atoms with Crippen LogP contribution >= 0.6 is 0 Å². The van der Waals surface area contributed by atoms with E-state index in [0.717, 1.165) is 48.9 Å². The van der Waals surface area contributed by atoms with Crippen LogP contribution in [0.3, 0.4) is 0 Å². The number of aliphatic hydroxyl groups is 2. The fraction of sp³-hybridized carbons (Fsp3) is 1.00. The lowest BCUT2D eigenvalue weighted by molar-refractivity contribution is -0.0857. The first kappa shape index (κ1) is 25.0. The molecule has 2 N–H and O–H groups in total. The maximum atomic E-state index is 10.9. The molecule has 0 aromatic heterocycles. The Bertz CT molecular complexity index is 649. The lowest BCUT2D eigenvalue weighted by Crippen LogP contribution is -2.49. The van der Waals surface area contributed by atoms with Gasteiger partial charge in [0, 0.05) is 0 Å². The van der Waals surface area contributed by atoms with Crippen molar-refractivity contribution in [1.82, 2.24) is 0 Å². The highest BCUT2D eigenvalue weighted by atomic mass is 16.3. The van der Waals surface area contributed by atoms with Gasteiger partial charge in [0.15, 0.2) is 0 Å². The second kappa shape index (κ2) is 8.85. The third-order valence-electron chi connectivity index (χ3n) is 11.9. The molecule has 4 aliphatic carbocycles. The maximum absolute atomic E-state index is 10.9. The molecule has 9 atom stereocenters. The van der Waals surface area contributed by atoms with Crippen LogP contribution in [0, 0.1) is 46.3 Å². The van der Waals surface area contributed by atoms with Gasteiger partial charge in [-0.1, -0.05) is 34.1 Å². The summed E-state index contributed by atoms with van der Waals surface area (Å²) in [6.45, 7) is 14.0. The van der Waals surface area contributed by atoms with Gasteiger partial charge in [-0.15, -0.1) is 0 Å². The Morgan fingerprint density at radius 2 is 1.62 bits per heavy atom. The first-order valence-corrected chi connectivity index (χ1v) is 14.4. The van der Waals surface area contributed by atoms with Gasteiger partial charge in [-0.05, 0) is 144 Å². The zero-order valence-electron chi connectivity index (χ0n) is 22.3. The molecule has 0 saturated heterocycles. The van der Waals surface area contributed by atoms with Gasteiger partial charge in [-0.2, -0.15) is 0 Å². The lowest BCUT2D eigenvalue weighted by atomic mass is 9.48. The molecular weight excluding hydrogens is 392 g/mol. The number of hydrogen-bond acceptors (Lipinski definition) is 2. The monoisotopic (exact) mass is 446 g/mol. The van der Waals surface area contributed by atoms with Crippen molar-refractivity contribution in [2.75, 3.05) is 0 Å². The molecule has 0 aromatic carbocycles. The fourth-order valence-electron chi connectivity index (χ4n) is 9.13. The summed E-state index contributed by atoms with van der Waals surface area (Å²) >= 11 is 0. The van der Waals surface area contributed by atoms with Gasteiger partial charge in [-0.25, -0.2) is 0 Å². The van der Waals surface area contributed by atoms with Gasteiger partial charge < -0.3 is 10.2 Å². The highest BCUT2D eigenvalue weighted by Crippen LogP contribution is 2.66. The second-order valence-electron chi connectivity index (χ2n) is 14.1. The Morgan fingerprint density at radius 3 is 2.28 bits per heavy atom. The van der Waals surface area contributed by atoms with Gasteiger partial charge in [0.1, 0.15) is 0 Å². The zero-order chi connectivity index (χ0) is 23.4. The molecule has 9 unspecified atom stereocenters. The normalized spacial score (nSPS) is 44.2. The quantitative estimate of drug-likeness (QED) is 0.380. The molecule has 0 radical (unpaired) electrons.